The quantitative estimate of drug-likeness (QED) is 0.725. The molecule has 1 fully saturated rings. The minimum Gasteiger partial charge on any atom is -0.368 e. The average Bonchev–Trinajstić information content (AvgIpc) is 3.16. The van der Waals surface area contributed by atoms with Crippen molar-refractivity contribution >= 4 is 22.6 Å². The molecule has 3 aromatic rings. The molecule has 4 rings (SSSR count). The Balaban J connectivity index is 1.64. The largest absolute Gasteiger partial charge is 0.368 e. The van der Waals surface area contributed by atoms with Crippen LogP contribution in [0.2, 0.25) is 0 Å². The maximum absolute atomic E-state index is 12.0. The third-order valence-corrected chi connectivity index (χ3v) is 5.34. The molecule has 27 heavy (non-hydrogen) atoms. The van der Waals surface area contributed by atoms with Gasteiger partial charge < -0.3 is 14.8 Å². The van der Waals surface area contributed by atoms with Gasteiger partial charge in [0.1, 0.15) is 5.65 Å². The first-order valence-electron chi connectivity index (χ1n) is 9.19. The molecule has 0 bridgehead atoms. The second kappa shape index (κ2) is 7.23. The summed E-state index contributed by atoms with van der Waals surface area (Å²) in [6.45, 7) is 5.37. The van der Waals surface area contributed by atoms with Crippen molar-refractivity contribution in [3.05, 3.63) is 55.6 Å². The second-order valence-corrected chi connectivity index (χ2v) is 6.92. The molecule has 0 saturated carbocycles. The fraction of sp³-hybridized carbons (Fsp3) is 0.286. The van der Waals surface area contributed by atoms with Gasteiger partial charge in [-0.1, -0.05) is 6.58 Å². The average molecular weight is 361 g/mol. The number of H-pyrrole nitrogens is 1. The lowest BCUT2D eigenvalue weighted by Gasteiger charge is -2.38. The van der Waals surface area contributed by atoms with Gasteiger partial charge in [0.2, 0.25) is 5.91 Å². The molecule has 0 aromatic carbocycles. The van der Waals surface area contributed by atoms with E-state index in [1.54, 1.807) is 17.3 Å². The SMILES string of the molecule is C=CC(=O)N(C)[C@@H]1CCCN(c2cnc3[nH]cc(-c4ccncc4)c3c2)C1. The number of hydrogen-bond donors (Lipinski definition) is 1. The van der Waals surface area contributed by atoms with E-state index in [0.29, 0.717) is 0 Å². The number of amides is 1. The predicted molar refractivity (Wildman–Crippen MR) is 108 cm³/mol. The molecule has 138 valence electrons. The van der Waals surface area contributed by atoms with Crippen molar-refractivity contribution in [3.63, 3.8) is 0 Å². The molecule has 1 saturated heterocycles. The first-order chi connectivity index (χ1) is 13.2. The van der Waals surface area contributed by atoms with Crippen molar-refractivity contribution < 1.29 is 4.79 Å². The minimum atomic E-state index is -0.0268. The van der Waals surface area contributed by atoms with Gasteiger partial charge in [-0.15, -0.1) is 0 Å². The highest BCUT2D eigenvalue weighted by Gasteiger charge is 2.25. The molecule has 1 aliphatic rings. The number of hydrogen-bond acceptors (Lipinski definition) is 4. The van der Waals surface area contributed by atoms with Crippen LogP contribution in [0.4, 0.5) is 5.69 Å². The molecule has 3 aromatic heterocycles. The summed E-state index contributed by atoms with van der Waals surface area (Å²) in [4.78, 5) is 28.0. The molecule has 0 spiro atoms. The Kier molecular flexibility index (Phi) is 4.62. The summed E-state index contributed by atoms with van der Waals surface area (Å²) in [5, 5.41) is 1.09. The van der Waals surface area contributed by atoms with Crippen LogP contribution in [0.25, 0.3) is 22.2 Å². The number of likely N-dealkylation sites (N-methyl/N-ethyl adjacent to an activating group) is 1. The van der Waals surface area contributed by atoms with Gasteiger partial charge in [0.05, 0.1) is 11.9 Å². The van der Waals surface area contributed by atoms with Crippen LogP contribution in [0.1, 0.15) is 12.8 Å². The standard InChI is InChI=1S/C21H23N5O/c1-3-20(27)25(2)16-5-4-10-26(14-16)17-11-18-19(13-24-21(18)23-12-17)15-6-8-22-9-7-15/h3,6-9,11-13,16H,1,4-5,10,14H2,2H3,(H,23,24)/t16-/m1/s1. The Hall–Kier alpha value is -3.15. The first-order valence-corrected chi connectivity index (χ1v) is 9.19. The number of nitrogens with zero attached hydrogens (tertiary/aromatic N) is 4. The third kappa shape index (κ3) is 3.30. The Morgan fingerprint density at radius 1 is 1.41 bits per heavy atom. The zero-order valence-electron chi connectivity index (χ0n) is 15.4. The lowest BCUT2D eigenvalue weighted by Crippen LogP contribution is -2.48. The molecule has 1 aliphatic heterocycles. The summed E-state index contributed by atoms with van der Waals surface area (Å²) in [6, 6.07) is 6.38. The van der Waals surface area contributed by atoms with Gasteiger partial charge in [0.25, 0.3) is 0 Å². The number of anilines is 1. The Labute approximate surface area is 158 Å². The number of piperidine rings is 1. The lowest BCUT2D eigenvalue weighted by molar-refractivity contribution is -0.126. The molecule has 4 heterocycles. The lowest BCUT2D eigenvalue weighted by atomic mass is 10.0. The molecule has 1 atom stereocenters. The maximum Gasteiger partial charge on any atom is 0.246 e. The molecule has 1 N–H and O–H groups in total. The number of fused-ring (bicyclic) bond motifs is 1. The molecule has 0 unspecified atom stereocenters. The zero-order valence-corrected chi connectivity index (χ0v) is 15.4. The van der Waals surface area contributed by atoms with Gasteiger partial charge in [-0.3, -0.25) is 9.78 Å². The monoisotopic (exact) mass is 361 g/mol. The van der Waals surface area contributed by atoms with E-state index in [1.165, 1.54) is 6.08 Å². The number of carbonyl (C=O) groups is 1. The summed E-state index contributed by atoms with van der Waals surface area (Å²) >= 11 is 0. The first kappa shape index (κ1) is 17.3. The normalized spacial score (nSPS) is 17.1. The van der Waals surface area contributed by atoms with Gasteiger partial charge in [0, 0.05) is 55.7 Å². The van der Waals surface area contributed by atoms with Crippen molar-refractivity contribution in [2.75, 3.05) is 25.0 Å². The van der Waals surface area contributed by atoms with Crippen molar-refractivity contribution in [3.8, 4) is 11.1 Å². The summed E-state index contributed by atoms with van der Waals surface area (Å²) in [7, 11) is 1.85. The molecule has 0 radical (unpaired) electrons. The number of rotatable bonds is 4. The molecule has 0 aliphatic carbocycles. The van der Waals surface area contributed by atoms with Crippen molar-refractivity contribution in [2.24, 2.45) is 0 Å². The highest BCUT2D eigenvalue weighted by Crippen LogP contribution is 2.31. The molecule has 6 nitrogen and oxygen atoms in total. The van der Waals surface area contributed by atoms with Crippen LogP contribution in [0.15, 0.2) is 55.6 Å². The van der Waals surface area contributed by atoms with Crippen molar-refractivity contribution in [1.29, 1.82) is 0 Å². The van der Waals surface area contributed by atoms with Crippen LogP contribution in [0, 0.1) is 0 Å². The van der Waals surface area contributed by atoms with E-state index < -0.39 is 0 Å². The fourth-order valence-corrected chi connectivity index (χ4v) is 3.76. The smallest absolute Gasteiger partial charge is 0.246 e. The van der Waals surface area contributed by atoms with E-state index in [4.69, 9.17) is 0 Å². The summed E-state index contributed by atoms with van der Waals surface area (Å²) in [5.41, 5.74) is 4.19. The van der Waals surface area contributed by atoms with Crippen LogP contribution in [-0.4, -0.2) is 51.9 Å². The highest BCUT2D eigenvalue weighted by molar-refractivity contribution is 5.95. The molecule has 1 amide bonds. The summed E-state index contributed by atoms with van der Waals surface area (Å²) in [6.07, 6.45) is 10.9. The highest BCUT2D eigenvalue weighted by atomic mass is 16.2. The summed E-state index contributed by atoms with van der Waals surface area (Å²) in [5.74, 6) is -0.0268. The number of nitrogens with one attached hydrogen (secondary N) is 1. The number of aromatic amines is 1. The van der Waals surface area contributed by atoms with E-state index in [0.717, 1.165) is 53.8 Å². The van der Waals surface area contributed by atoms with E-state index >= 15 is 0 Å². The van der Waals surface area contributed by atoms with Gasteiger partial charge in [0.15, 0.2) is 0 Å². The van der Waals surface area contributed by atoms with Crippen LogP contribution in [-0.2, 0) is 4.79 Å². The Bertz CT molecular complexity index is 965. The van der Waals surface area contributed by atoms with Crippen molar-refractivity contribution in [2.45, 2.75) is 18.9 Å². The van der Waals surface area contributed by atoms with Crippen molar-refractivity contribution in [1.82, 2.24) is 19.9 Å². The van der Waals surface area contributed by atoms with Crippen LogP contribution >= 0.6 is 0 Å². The van der Waals surface area contributed by atoms with E-state index in [2.05, 4.69) is 32.5 Å². The Morgan fingerprint density at radius 3 is 3.00 bits per heavy atom. The van der Waals surface area contributed by atoms with Gasteiger partial charge >= 0.3 is 0 Å². The second-order valence-electron chi connectivity index (χ2n) is 6.92. The van der Waals surface area contributed by atoms with E-state index in [-0.39, 0.29) is 11.9 Å². The number of carbonyl (C=O) groups excluding carboxylic acids is 1. The van der Waals surface area contributed by atoms with Gasteiger partial charge in [-0.25, -0.2) is 4.98 Å². The van der Waals surface area contributed by atoms with Gasteiger partial charge in [-0.2, -0.15) is 0 Å². The predicted octanol–water partition coefficient (Wildman–Crippen LogP) is 3.24. The summed E-state index contributed by atoms with van der Waals surface area (Å²) < 4.78 is 0. The van der Waals surface area contributed by atoms with E-state index in [1.807, 2.05) is 31.6 Å². The fourth-order valence-electron chi connectivity index (χ4n) is 3.76. The topological polar surface area (TPSA) is 65.1 Å². The molecular formula is C21H23N5O. The maximum atomic E-state index is 12.0. The third-order valence-electron chi connectivity index (χ3n) is 5.34. The van der Waals surface area contributed by atoms with E-state index in [9.17, 15) is 4.79 Å². The zero-order chi connectivity index (χ0) is 18.8. The van der Waals surface area contributed by atoms with Crippen LogP contribution in [0.3, 0.4) is 0 Å². The number of aromatic nitrogens is 3. The Morgan fingerprint density at radius 2 is 2.22 bits per heavy atom. The minimum absolute atomic E-state index is 0.0268. The van der Waals surface area contributed by atoms with Crippen LogP contribution in [0.5, 0.6) is 0 Å². The number of pyridine rings is 2. The van der Waals surface area contributed by atoms with Gasteiger partial charge in [-0.05, 0) is 42.7 Å². The molecular weight excluding hydrogens is 338 g/mol. The molecule has 6 heteroatoms. The van der Waals surface area contributed by atoms with Crippen LogP contribution < -0.4 is 4.90 Å².